The van der Waals surface area contributed by atoms with Crippen molar-refractivity contribution in [1.29, 1.82) is 0 Å². The highest BCUT2D eigenvalue weighted by Gasteiger charge is 2.03. The molecule has 0 fully saturated rings. The van der Waals surface area contributed by atoms with Crippen molar-refractivity contribution in [1.82, 2.24) is 5.32 Å². The van der Waals surface area contributed by atoms with Crippen LogP contribution in [0, 0.1) is 5.92 Å². The van der Waals surface area contributed by atoms with Gasteiger partial charge in [0.05, 0.1) is 25.9 Å². The van der Waals surface area contributed by atoms with E-state index in [0.29, 0.717) is 38.9 Å². The Morgan fingerprint density at radius 3 is 2.40 bits per heavy atom. The van der Waals surface area contributed by atoms with Crippen molar-refractivity contribution in [2.75, 3.05) is 39.5 Å². The van der Waals surface area contributed by atoms with Gasteiger partial charge < -0.3 is 19.9 Å². The van der Waals surface area contributed by atoms with Crippen LogP contribution in [0.2, 0.25) is 0 Å². The number of ether oxygens (including phenoxy) is 2. The molecule has 0 rings (SSSR count). The molecule has 0 aromatic heterocycles. The predicted octanol–water partition coefficient (Wildman–Crippen LogP) is 0.646. The number of aliphatic hydroxyl groups is 1. The lowest BCUT2D eigenvalue weighted by atomic mass is 10.2. The monoisotopic (exact) mass is 219 g/mol. The lowest BCUT2D eigenvalue weighted by Crippen LogP contribution is -2.32. The fourth-order valence-corrected chi connectivity index (χ4v) is 1.08. The molecule has 0 spiro atoms. The van der Waals surface area contributed by atoms with Crippen LogP contribution in [0.25, 0.3) is 0 Å². The lowest BCUT2D eigenvalue weighted by Gasteiger charge is -2.13. The Hall–Kier alpha value is -0.160. The molecule has 92 valence electrons. The Bertz CT molecular complexity index is 131. The van der Waals surface area contributed by atoms with E-state index in [1.54, 1.807) is 0 Å². The second-order valence-electron chi connectivity index (χ2n) is 3.98. The quantitative estimate of drug-likeness (QED) is 0.530. The third-order valence-corrected chi connectivity index (χ3v) is 1.82. The minimum atomic E-state index is -0.426. The van der Waals surface area contributed by atoms with Crippen molar-refractivity contribution in [2.24, 2.45) is 5.92 Å². The molecule has 0 bridgehead atoms. The molecule has 0 aromatic carbocycles. The first kappa shape index (κ1) is 14.8. The molecule has 0 saturated heterocycles. The summed E-state index contributed by atoms with van der Waals surface area (Å²) < 4.78 is 10.3. The summed E-state index contributed by atoms with van der Waals surface area (Å²) in [6.07, 6.45) is -0.426. The van der Waals surface area contributed by atoms with Crippen LogP contribution in [0.4, 0.5) is 0 Å². The Balaban J connectivity index is 3.15. The average molecular weight is 219 g/mol. The molecule has 0 amide bonds. The highest BCUT2D eigenvalue weighted by atomic mass is 16.5. The Morgan fingerprint density at radius 1 is 1.13 bits per heavy atom. The van der Waals surface area contributed by atoms with Crippen molar-refractivity contribution in [2.45, 2.75) is 26.9 Å². The van der Waals surface area contributed by atoms with Gasteiger partial charge in [0, 0.05) is 13.2 Å². The fraction of sp³-hybridized carbons (Fsp3) is 1.00. The van der Waals surface area contributed by atoms with Crippen LogP contribution < -0.4 is 5.32 Å². The highest BCUT2D eigenvalue weighted by molar-refractivity contribution is 4.59. The third kappa shape index (κ3) is 11.8. The summed E-state index contributed by atoms with van der Waals surface area (Å²) in [4.78, 5) is 0. The van der Waals surface area contributed by atoms with E-state index in [0.717, 1.165) is 6.54 Å². The van der Waals surface area contributed by atoms with Crippen LogP contribution in [0.1, 0.15) is 20.8 Å². The van der Waals surface area contributed by atoms with Gasteiger partial charge in [-0.05, 0) is 19.4 Å². The van der Waals surface area contributed by atoms with Crippen LogP contribution in [0.5, 0.6) is 0 Å². The molecule has 1 unspecified atom stereocenters. The normalized spacial score (nSPS) is 13.4. The van der Waals surface area contributed by atoms with Gasteiger partial charge in [-0.1, -0.05) is 13.8 Å². The molecular formula is C11H25NO3. The molecule has 0 aliphatic heterocycles. The van der Waals surface area contributed by atoms with Crippen LogP contribution in [0.15, 0.2) is 0 Å². The summed E-state index contributed by atoms with van der Waals surface area (Å²) in [5.74, 6) is 0.607. The van der Waals surface area contributed by atoms with Crippen LogP contribution in [0.3, 0.4) is 0 Å². The van der Waals surface area contributed by atoms with Crippen molar-refractivity contribution in [3.05, 3.63) is 0 Å². The third-order valence-electron chi connectivity index (χ3n) is 1.82. The Kier molecular flexibility index (Phi) is 10.3. The van der Waals surface area contributed by atoms with Crippen molar-refractivity contribution >= 4 is 0 Å². The van der Waals surface area contributed by atoms with E-state index >= 15 is 0 Å². The van der Waals surface area contributed by atoms with Gasteiger partial charge in [-0.2, -0.15) is 0 Å². The minimum Gasteiger partial charge on any atom is -0.389 e. The summed E-state index contributed by atoms with van der Waals surface area (Å²) in [6.45, 7) is 9.97. The lowest BCUT2D eigenvalue weighted by molar-refractivity contribution is 0.00639. The van der Waals surface area contributed by atoms with Gasteiger partial charge >= 0.3 is 0 Å². The first-order chi connectivity index (χ1) is 7.16. The SMILES string of the molecule is CCOCCOCC(O)CNCC(C)C. The van der Waals surface area contributed by atoms with Crippen molar-refractivity contribution in [3.63, 3.8) is 0 Å². The van der Waals surface area contributed by atoms with Crippen LogP contribution >= 0.6 is 0 Å². The summed E-state index contributed by atoms with van der Waals surface area (Å²) in [5, 5.41) is 12.7. The number of nitrogens with one attached hydrogen (secondary N) is 1. The molecule has 0 aliphatic carbocycles. The largest absolute Gasteiger partial charge is 0.389 e. The molecule has 0 saturated carbocycles. The minimum absolute atomic E-state index is 0.373. The molecule has 2 N–H and O–H groups in total. The highest BCUT2D eigenvalue weighted by Crippen LogP contribution is 1.89. The second-order valence-corrected chi connectivity index (χ2v) is 3.98. The summed E-state index contributed by atoms with van der Waals surface area (Å²) >= 11 is 0. The number of hydrogen-bond acceptors (Lipinski definition) is 4. The Labute approximate surface area is 93.0 Å². The maximum Gasteiger partial charge on any atom is 0.0897 e. The Morgan fingerprint density at radius 2 is 1.80 bits per heavy atom. The second kappa shape index (κ2) is 10.4. The van der Waals surface area contributed by atoms with Crippen LogP contribution in [-0.4, -0.2) is 50.7 Å². The van der Waals surface area contributed by atoms with Gasteiger partial charge in [0.2, 0.25) is 0 Å². The van der Waals surface area contributed by atoms with Crippen molar-refractivity contribution in [3.8, 4) is 0 Å². The first-order valence-corrected chi connectivity index (χ1v) is 5.71. The van der Waals surface area contributed by atoms with E-state index in [1.165, 1.54) is 0 Å². The van der Waals surface area contributed by atoms with E-state index in [9.17, 15) is 5.11 Å². The van der Waals surface area contributed by atoms with Gasteiger partial charge in [-0.25, -0.2) is 0 Å². The van der Waals surface area contributed by atoms with Crippen molar-refractivity contribution < 1.29 is 14.6 Å². The van der Waals surface area contributed by atoms with Crippen LogP contribution in [-0.2, 0) is 9.47 Å². The molecule has 4 nitrogen and oxygen atoms in total. The number of rotatable bonds is 10. The van der Waals surface area contributed by atoms with Gasteiger partial charge in [-0.3, -0.25) is 0 Å². The van der Waals surface area contributed by atoms with E-state index in [2.05, 4.69) is 19.2 Å². The summed E-state index contributed by atoms with van der Waals surface area (Å²) in [7, 11) is 0. The topological polar surface area (TPSA) is 50.7 Å². The standard InChI is InChI=1S/C11H25NO3/c1-4-14-5-6-15-9-11(13)8-12-7-10(2)3/h10-13H,4-9H2,1-3H3. The van der Waals surface area contributed by atoms with E-state index in [1.807, 2.05) is 6.92 Å². The van der Waals surface area contributed by atoms with Gasteiger partial charge in [0.25, 0.3) is 0 Å². The molecule has 15 heavy (non-hydrogen) atoms. The number of hydrogen-bond donors (Lipinski definition) is 2. The molecule has 0 radical (unpaired) electrons. The van der Waals surface area contributed by atoms with Gasteiger partial charge in [0.15, 0.2) is 0 Å². The summed E-state index contributed by atoms with van der Waals surface area (Å²) in [5.41, 5.74) is 0. The van der Waals surface area contributed by atoms with Gasteiger partial charge in [0.1, 0.15) is 0 Å². The molecular weight excluding hydrogens is 194 g/mol. The number of aliphatic hydroxyl groups excluding tert-OH is 1. The predicted molar refractivity (Wildman–Crippen MR) is 61.0 cm³/mol. The molecule has 1 atom stereocenters. The molecule has 0 aromatic rings. The fourth-order valence-electron chi connectivity index (χ4n) is 1.08. The molecule has 0 aliphatic rings. The zero-order valence-corrected chi connectivity index (χ0v) is 10.2. The van der Waals surface area contributed by atoms with Gasteiger partial charge in [-0.15, -0.1) is 0 Å². The smallest absolute Gasteiger partial charge is 0.0897 e. The maximum atomic E-state index is 9.49. The summed E-state index contributed by atoms with van der Waals surface area (Å²) in [6, 6.07) is 0. The molecule has 0 heterocycles. The maximum absolute atomic E-state index is 9.49. The average Bonchev–Trinajstić information content (AvgIpc) is 2.17. The first-order valence-electron chi connectivity index (χ1n) is 5.71. The zero-order valence-electron chi connectivity index (χ0n) is 10.2. The van der Waals surface area contributed by atoms with E-state index in [4.69, 9.17) is 9.47 Å². The zero-order chi connectivity index (χ0) is 11.5. The van der Waals surface area contributed by atoms with E-state index in [-0.39, 0.29) is 0 Å². The molecule has 4 heteroatoms. The van der Waals surface area contributed by atoms with E-state index < -0.39 is 6.10 Å².